The van der Waals surface area contributed by atoms with E-state index in [2.05, 4.69) is 34.9 Å². The molecule has 8 heteroatoms. The molecule has 2 saturated heterocycles. The predicted molar refractivity (Wildman–Crippen MR) is 146 cm³/mol. The van der Waals surface area contributed by atoms with Crippen LogP contribution in [0.25, 0.3) is 0 Å². The van der Waals surface area contributed by atoms with Crippen molar-refractivity contribution in [3.8, 4) is 0 Å². The van der Waals surface area contributed by atoms with Gasteiger partial charge in [0.25, 0.3) is 11.8 Å². The number of ether oxygens (including phenoxy) is 2. The van der Waals surface area contributed by atoms with Gasteiger partial charge in [0.15, 0.2) is 0 Å². The molecule has 0 aliphatic carbocycles. The second kappa shape index (κ2) is 12.8. The second-order valence-electron chi connectivity index (χ2n) is 9.96. The number of carbonyl (C=O) groups excluding carboxylic acids is 2. The minimum absolute atomic E-state index is 0.207. The number of rotatable bonds is 8. The molecule has 0 aromatic heterocycles. The maximum absolute atomic E-state index is 12.7. The minimum Gasteiger partial charge on any atom is -0.370 e. The van der Waals surface area contributed by atoms with E-state index in [-0.39, 0.29) is 11.8 Å². The number of quaternary nitrogens is 2. The third-order valence-corrected chi connectivity index (χ3v) is 7.14. The van der Waals surface area contributed by atoms with Crippen LogP contribution in [0.4, 0.5) is 11.4 Å². The molecule has 0 atom stereocenters. The molecule has 2 aliphatic heterocycles. The lowest BCUT2D eigenvalue weighted by atomic mass is 10.1. The molecule has 3 aromatic carbocycles. The van der Waals surface area contributed by atoms with Crippen LogP contribution in [-0.4, -0.2) is 64.4 Å². The van der Waals surface area contributed by atoms with Crippen molar-refractivity contribution in [2.45, 2.75) is 13.1 Å². The number of carbonyl (C=O) groups is 2. The Morgan fingerprint density at radius 1 is 0.553 bits per heavy atom. The lowest BCUT2D eigenvalue weighted by molar-refractivity contribution is -0.921. The number of benzene rings is 3. The molecular formula is C30H36N4O4+2. The first-order chi connectivity index (χ1) is 18.6. The topological polar surface area (TPSA) is 85.5 Å². The van der Waals surface area contributed by atoms with Gasteiger partial charge in [-0.15, -0.1) is 0 Å². The molecule has 2 heterocycles. The zero-order valence-corrected chi connectivity index (χ0v) is 21.6. The average Bonchev–Trinajstić information content (AvgIpc) is 2.96. The van der Waals surface area contributed by atoms with E-state index in [0.717, 1.165) is 77.1 Å². The lowest BCUT2D eigenvalue weighted by Crippen LogP contribution is -3.12. The summed E-state index contributed by atoms with van der Waals surface area (Å²) in [5, 5.41) is 5.87. The number of anilines is 2. The van der Waals surface area contributed by atoms with Gasteiger partial charge in [0.05, 0.1) is 26.4 Å². The van der Waals surface area contributed by atoms with Gasteiger partial charge in [-0.2, -0.15) is 0 Å². The fourth-order valence-electron chi connectivity index (χ4n) is 4.84. The fraction of sp³-hybridized carbons (Fsp3) is 0.333. The SMILES string of the molecule is O=C(Nc1ccc(C[NH+]2CCOCC2)cc1)c1ccc(C(=O)Nc2ccc(C[NH+]3CCOCC3)cc2)cc1. The van der Waals surface area contributed by atoms with Crippen molar-refractivity contribution in [1.29, 1.82) is 0 Å². The normalized spacial score (nSPS) is 16.6. The third kappa shape index (κ3) is 7.26. The Bertz CT molecular complexity index is 1100. The van der Waals surface area contributed by atoms with E-state index in [4.69, 9.17) is 9.47 Å². The highest BCUT2D eigenvalue weighted by molar-refractivity contribution is 6.07. The van der Waals surface area contributed by atoms with Crippen LogP contribution in [0.2, 0.25) is 0 Å². The predicted octanol–water partition coefficient (Wildman–Crippen LogP) is 1.02. The molecule has 3 aromatic rings. The Balaban J connectivity index is 1.11. The van der Waals surface area contributed by atoms with Crippen molar-refractivity contribution in [2.75, 3.05) is 63.2 Å². The molecule has 0 bridgehead atoms. The second-order valence-corrected chi connectivity index (χ2v) is 9.96. The fourth-order valence-corrected chi connectivity index (χ4v) is 4.84. The molecule has 0 saturated carbocycles. The highest BCUT2D eigenvalue weighted by Gasteiger charge is 2.16. The van der Waals surface area contributed by atoms with Crippen LogP contribution >= 0.6 is 0 Å². The van der Waals surface area contributed by atoms with E-state index in [1.165, 1.54) is 20.9 Å². The van der Waals surface area contributed by atoms with Crippen LogP contribution in [0, 0.1) is 0 Å². The highest BCUT2D eigenvalue weighted by atomic mass is 16.5. The summed E-state index contributed by atoms with van der Waals surface area (Å²) >= 11 is 0. The van der Waals surface area contributed by atoms with Crippen LogP contribution in [0.15, 0.2) is 72.8 Å². The largest absolute Gasteiger partial charge is 0.370 e. The zero-order chi connectivity index (χ0) is 26.2. The van der Waals surface area contributed by atoms with Crippen LogP contribution < -0.4 is 20.4 Å². The van der Waals surface area contributed by atoms with Gasteiger partial charge < -0.3 is 29.9 Å². The van der Waals surface area contributed by atoms with E-state index in [1.807, 2.05) is 24.3 Å². The van der Waals surface area contributed by atoms with Crippen molar-refractivity contribution in [1.82, 2.24) is 0 Å². The molecule has 4 N–H and O–H groups in total. The summed E-state index contributed by atoms with van der Waals surface area (Å²) in [6.07, 6.45) is 0. The Hall–Kier alpha value is -3.56. The molecule has 2 aliphatic rings. The van der Waals surface area contributed by atoms with E-state index in [9.17, 15) is 9.59 Å². The lowest BCUT2D eigenvalue weighted by Gasteiger charge is -2.23. The first-order valence-electron chi connectivity index (χ1n) is 13.4. The van der Waals surface area contributed by atoms with Gasteiger partial charge in [0.1, 0.15) is 39.3 Å². The summed E-state index contributed by atoms with van der Waals surface area (Å²) in [4.78, 5) is 28.5. The average molecular weight is 517 g/mol. The Morgan fingerprint density at radius 2 is 0.895 bits per heavy atom. The Kier molecular flexibility index (Phi) is 8.78. The molecular weight excluding hydrogens is 480 g/mol. The standard InChI is InChI=1S/C30H34N4O4/c35-29(31-27-9-1-23(2-10-27)21-33-13-17-37-18-14-33)25-5-7-26(8-6-25)30(36)32-28-11-3-24(4-12-28)22-34-15-19-38-20-16-34/h1-12H,13-22H2,(H,31,35)(H,32,36)/p+2. The molecule has 8 nitrogen and oxygen atoms in total. The summed E-state index contributed by atoms with van der Waals surface area (Å²) in [5.74, 6) is -0.414. The number of nitrogens with one attached hydrogen (secondary N) is 4. The van der Waals surface area contributed by atoms with Crippen LogP contribution in [0.5, 0.6) is 0 Å². The molecule has 0 spiro atoms. The van der Waals surface area contributed by atoms with Gasteiger partial charge in [-0.25, -0.2) is 0 Å². The summed E-state index contributed by atoms with van der Waals surface area (Å²) in [5.41, 5.74) is 4.97. The summed E-state index contributed by atoms with van der Waals surface area (Å²) < 4.78 is 10.8. The van der Waals surface area contributed by atoms with Gasteiger partial charge in [-0.05, 0) is 48.5 Å². The van der Waals surface area contributed by atoms with Gasteiger partial charge in [-0.3, -0.25) is 9.59 Å². The number of hydrogen-bond donors (Lipinski definition) is 4. The van der Waals surface area contributed by atoms with E-state index in [1.54, 1.807) is 24.3 Å². The maximum Gasteiger partial charge on any atom is 0.255 e. The molecule has 38 heavy (non-hydrogen) atoms. The zero-order valence-electron chi connectivity index (χ0n) is 21.6. The van der Waals surface area contributed by atoms with E-state index in [0.29, 0.717) is 11.1 Å². The summed E-state index contributed by atoms with van der Waals surface area (Å²) in [6.45, 7) is 9.26. The Labute approximate surface area is 223 Å². The number of morpholine rings is 2. The molecule has 0 unspecified atom stereocenters. The smallest absolute Gasteiger partial charge is 0.255 e. The molecule has 2 amide bonds. The summed E-state index contributed by atoms with van der Waals surface area (Å²) in [7, 11) is 0. The van der Waals surface area contributed by atoms with Gasteiger partial charge in [0, 0.05) is 33.6 Å². The number of hydrogen-bond acceptors (Lipinski definition) is 4. The third-order valence-electron chi connectivity index (χ3n) is 7.14. The van der Waals surface area contributed by atoms with Crippen LogP contribution in [0.1, 0.15) is 31.8 Å². The summed E-state index contributed by atoms with van der Waals surface area (Å²) in [6, 6.07) is 22.7. The van der Waals surface area contributed by atoms with Gasteiger partial charge >= 0.3 is 0 Å². The highest BCUT2D eigenvalue weighted by Crippen LogP contribution is 2.14. The van der Waals surface area contributed by atoms with E-state index >= 15 is 0 Å². The van der Waals surface area contributed by atoms with Crippen molar-refractivity contribution >= 4 is 23.2 Å². The first kappa shape index (κ1) is 26.1. The van der Waals surface area contributed by atoms with Crippen molar-refractivity contribution < 1.29 is 28.9 Å². The Morgan fingerprint density at radius 3 is 1.24 bits per heavy atom. The quantitative estimate of drug-likeness (QED) is 0.360. The first-order valence-corrected chi connectivity index (χ1v) is 13.4. The van der Waals surface area contributed by atoms with Gasteiger partial charge in [-0.1, -0.05) is 24.3 Å². The van der Waals surface area contributed by atoms with Gasteiger partial charge in [0.2, 0.25) is 0 Å². The molecule has 5 rings (SSSR count). The molecule has 0 radical (unpaired) electrons. The van der Waals surface area contributed by atoms with Crippen LogP contribution in [-0.2, 0) is 22.6 Å². The van der Waals surface area contributed by atoms with Crippen molar-refractivity contribution in [3.63, 3.8) is 0 Å². The monoisotopic (exact) mass is 516 g/mol. The molecule has 2 fully saturated rings. The minimum atomic E-state index is -0.207. The maximum atomic E-state index is 12.7. The van der Waals surface area contributed by atoms with Crippen molar-refractivity contribution in [3.05, 3.63) is 95.1 Å². The number of amides is 2. The molecule has 198 valence electrons. The van der Waals surface area contributed by atoms with Crippen molar-refractivity contribution in [2.24, 2.45) is 0 Å². The van der Waals surface area contributed by atoms with Crippen LogP contribution in [0.3, 0.4) is 0 Å². The van der Waals surface area contributed by atoms with E-state index < -0.39 is 0 Å².